The minimum Gasteiger partial charge on any atom is -0.451 e. The first-order valence-corrected chi connectivity index (χ1v) is 8.79. The van der Waals surface area contributed by atoms with Gasteiger partial charge >= 0.3 is 12.1 Å². The quantitative estimate of drug-likeness (QED) is 0.725. The minimum absolute atomic E-state index is 0.00287. The third-order valence-electron chi connectivity index (χ3n) is 5.02. The van der Waals surface area contributed by atoms with E-state index >= 15 is 0 Å². The van der Waals surface area contributed by atoms with Gasteiger partial charge in [-0.15, -0.1) is 0 Å². The maximum atomic E-state index is 12.6. The summed E-state index contributed by atoms with van der Waals surface area (Å²) in [5, 5.41) is 10.6. The predicted octanol–water partition coefficient (Wildman–Crippen LogP) is 3.77. The fourth-order valence-electron chi connectivity index (χ4n) is 3.70. The first-order chi connectivity index (χ1) is 13.1. The molecule has 1 heterocycles. The van der Waals surface area contributed by atoms with E-state index in [1.54, 1.807) is 18.2 Å². The number of nitrogens with zero attached hydrogens (tertiary/aromatic N) is 2. The van der Waals surface area contributed by atoms with Gasteiger partial charge in [0.15, 0.2) is 0 Å². The van der Waals surface area contributed by atoms with E-state index in [2.05, 4.69) is 34.8 Å². The van der Waals surface area contributed by atoms with Gasteiger partial charge in [-0.05, 0) is 48.6 Å². The maximum absolute atomic E-state index is 12.6. The molecule has 2 aromatic carbocycles. The molecule has 0 saturated heterocycles. The summed E-state index contributed by atoms with van der Waals surface area (Å²) in [4.78, 5) is 24.3. The molecule has 2 amide bonds. The number of carbonyl (C=O) groups excluding carboxylic acids is 2. The van der Waals surface area contributed by atoms with E-state index in [4.69, 9.17) is 4.74 Å². The SMILES string of the molecule is COC(=O)n1ncc2c(NC(=O)NC3CCc4c(C)cccc43)cccc21. The number of ether oxygens (including phenoxy) is 1. The van der Waals surface area contributed by atoms with E-state index in [0.29, 0.717) is 16.6 Å². The van der Waals surface area contributed by atoms with Crippen molar-refractivity contribution in [2.45, 2.75) is 25.8 Å². The number of amides is 2. The molecule has 3 aromatic rings. The second-order valence-corrected chi connectivity index (χ2v) is 6.60. The molecule has 1 aliphatic carbocycles. The zero-order valence-electron chi connectivity index (χ0n) is 15.2. The molecule has 1 atom stereocenters. The summed E-state index contributed by atoms with van der Waals surface area (Å²) >= 11 is 0. The molecule has 0 saturated carbocycles. The lowest BCUT2D eigenvalue weighted by Crippen LogP contribution is -2.31. The Morgan fingerprint density at radius 3 is 2.85 bits per heavy atom. The van der Waals surface area contributed by atoms with Crippen molar-refractivity contribution in [3.63, 3.8) is 0 Å². The minimum atomic E-state index is -0.579. The topological polar surface area (TPSA) is 85.2 Å². The van der Waals surface area contributed by atoms with Crippen LogP contribution >= 0.6 is 0 Å². The van der Waals surface area contributed by atoms with Crippen molar-refractivity contribution in [1.82, 2.24) is 15.1 Å². The molecular formula is C20H20N4O3. The Labute approximate surface area is 156 Å². The molecule has 0 bridgehead atoms. The van der Waals surface area contributed by atoms with Crippen LogP contribution in [0.2, 0.25) is 0 Å². The lowest BCUT2D eigenvalue weighted by molar-refractivity contribution is 0.170. The van der Waals surface area contributed by atoms with Crippen LogP contribution in [0.15, 0.2) is 42.6 Å². The second kappa shape index (κ2) is 6.75. The number of fused-ring (bicyclic) bond motifs is 2. The number of aromatic nitrogens is 2. The summed E-state index contributed by atoms with van der Waals surface area (Å²) < 4.78 is 5.88. The van der Waals surface area contributed by atoms with Gasteiger partial charge in [-0.25, -0.2) is 9.59 Å². The van der Waals surface area contributed by atoms with Gasteiger partial charge in [-0.3, -0.25) is 0 Å². The standard InChI is InChI=1S/C20H20N4O3/c1-12-5-3-6-14-13(12)9-10-17(14)23-19(25)22-16-7-4-8-18-15(16)11-21-24(18)20(26)27-2/h3-8,11,17H,9-10H2,1-2H3,(H2,22,23,25). The average molecular weight is 364 g/mol. The summed E-state index contributed by atoms with van der Waals surface area (Å²) in [6, 6.07) is 11.2. The Kier molecular flexibility index (Phi) is 4.27. The lowest BCUT2D eigenvalue weighted by Gasteiger charge is -2.15. The van der Waals surface area contributed by atoms with Crippen LogP contribution < -0.4 is 10.6 Å². The Hall–Kier alpha value is -3.35. The lowest BCUT2D eigenvalue weighted by atomic mass is 10.0. The Morgan fingerprint density at radius 1 is 1.22 bits per heavy atom. The van der Waals surface area contributed by atoms with Crippen molar-refractivity contribution >= 4 is 28.7 Å². The number of benzene rings is 2. The van der Waals surface area contributed by atoms with E-state index < -0.39 is 6.09 Å². The molecule has 0 aliphatic heterocycles. The molecule has 4 rings (SSSR count). The van der Waals surface area contributed by atoms with Crippen molar-refractivity contribution in [3.05, 3.63) is 59.3 Å². The van der Waals surface area contributed by atoms with Crippen molar-refractivity contribution in [2.75, 3.05) is 12.4 Å². The van der Waals surface area contributed by atoms with Crippen molar-refractivity contribution in [3.8, 4) is 0 Å². The first kappa shape index (κ1) is 17.1. The number of hydrogen-bond acceptors (Lipinski definition) is 4. The zero-order valence-corrected chi connectivity index (χ0v) is 15.2. The summed E-state index contributed by atoms with van der Waals surface area (Å²) in [5.74, 6) is 0. The number of aryl methyl sites for hydroxylation is 1. The van der Waals surface area contributed by atoms with Gasteiger partial charge in [0.1, 0.15) is 0 Å². The predicted molar refractivity (Wildman–Crippen MR) is 102 cm³/mol. The van der Waals surface area contributed by atoms with Gasteiger partial charge < -0.3 is 15.4 Å². The monoisotopic (exact) mass is 364 g/mol. The maximum Gasteiger partial charge on any atom is 0.434 e. The summed E-state index contributed by atoms with van der Waals surface area (Å²) in [6.45, 7) is 2.10. The summed E-state index contributed by atoms with van der Waals surface area (Å²) in [5.41, 5.74) is 4.92. The van der Waals surface area contributed by atoms with Crippen LogP contribution in [0.5, 0.6) is 0 Å². The number of nitrogens with one attached hydrogen (secondary N) is 2. The molecular weight excluding hydrogens is 344 g/mol. The molecule has 27 heavy (non-hydrogen) atoms. The largest absolute Gasteiger partial charge is 0.451 e. The van der Waals surface area contributed by atoms with Gasteiger partial charge in [-0.2, -0.15) is 9.78 Å². The average Bonchev–Trinajstić information content (AvgIpc) is 3.27. The highest BCUT2D eigenvalue weighted by Crippen LogP contribution is 2.33. The second-order valence-electron chi connectivity index (χ2n) is 6.60. The van der Waals surface area contributed by atoms with Crippen LogP contribution in [0.1, 0.15) is 29.2 Å². The van der Waals surface area contributed by atoms with Gasteiger partial charge in [0.05, 0.1) is 30.6 Å². The number of methoxy groups -OCH3 is 1. The smallest absolute Gasteiger partial charge is 0.434 e. The first-order valence-electron chi connectivity index (χ1n) is 8.79. The third-order valence-corrected chi connectivity index (χ3v) is 5.02. The van der Waals surface area contributed by atoms with E-state index in [1.807, 2.05) is 6.07 Å². The van der Waals surface area contributed by atoms with E-state index in [0.717, 1.165) is 17.5 Å². The van der Waals surface area contributed by atoms with Crippen LogP contribution in [0.3, 0.4) is 0 Å². The Balaban J connectivity index is 1.54. The highest BCUT2D eigenvalue weighted by molar-refractivity contribution is 6.02. The molecule has 2 N–H and O–H groups in total. The summed E-state index contributed by atoms with van der Waals surface area (Å²) in [7, 11) is 1.30. The van der Waals surface area contributed by atoms with Crippen LogP contribution in [-0.2, 0) is 11.2 Å². The number of rotatable bonds is 2. The fourth-order valence-corrected chi connectivity index (χ4v) is 3.70. The fraction of sp³-hybridized carbons (Fsp3) is 0.250. The molecule has 0 fully saturated rings. The van der Waals surface area contributed by atoms with Gasteiger partial charge in [-0.1, -0.05) is 24.3 Å². The molecule has 0 radical (unpaired) electrons. The van der Waals surface area contributed by atoms with Gasteiger partial charge in [0.25, 0.3) is 0 Å². The highest BCUT2D eigenvalue weighted by Gasteiger charge is 2.25. The summed E-state index contributed by atoms with van der Waals surface area (Å²) in [6.07, 6.45) is 2.81. The van der Waals surface area contributed by atoms with Gasteiger partial charge in [0, 0.05) is 5.39 Å². The van der Waals surface area contributed by atoms with Crippen LogP contribution in [0.4, 0.5) is 15.3 Å². The Morgan fingerprint density at radius 2 is 2.04 bits per heavy atom. The molecule has 1 aliphatic rings. The molecule has 1 unspecified atom stereocenters. The Bertz CT molecular complexity index is 1040. The van der Waals surface area contributed by atoms with Crippen LogP contribution in [-0.4, -0.2) is 29.0 Å². The molecule has 1 aromatic heterocycles. The van der Waals surface area contributed by atoms with Crippen molar-refractivity contribution < 1.29 is 14.3 Å². The molecule has 138 valence electrons. The van der Waals surface area contributed by atoms with Crippen LogP contribution in [0.25, 0.3) is 10.9 Å². The number of anilines is 1. The van der Waals surface area contributed by atoms with E-state index in [-0.39, 0.29) is 12.1 Å². The number of urea groups is 1. The van der Waals surface area contributed by atoms with Crippen molar-refractivity contribution in [2.24, 2.45) is 0 Å². The molecule has 0 spiro atoms. The molecule has 7 nitrogen and oxygen atoms in total. The van der Waals surface area contributed by atoms with Crippen LogP contribution in [0, 0.1) is 6.92 Å². The van der Waals surface area contributed by atoms with E-state index in [9.17, 15) is 9.59 Å². The number of carbonyl (C=O) groups is 2. The number of hydrogen-bond donors (Lipinski definition) is 2. The normalized spacial score (nSPS) is 15.4. The molecule has 7 heteroatoms. The zero-order chi connectivity index (χ0) is 19.0. The van der Waals surface area contributed by atoms with E-state index in [1.165, 1.54) is 30.0 Å². The van der Waals surface area contributed by atoms with Gasteiger partial charge in [0.2, 0.25) is 0 Å². The third kappa shape index (κ3) is 3.01. The highest BCUT2D eigenvalue weighted by atomic mass is 16.5. The van der Waals surface area contributed by atoms with Crippen molar-refractivity contribution in [1.29, 1.82) is 0 Å².